The topological polar surface area (TPSA) is 46.3 Å². The van der Waals surface area contributed by atoms with E-state index in [-0.39, 0.29) is 18.3 Å². The van der Waals surface area contributed by atoms with E-state index in [0.29, 0.717) is 18.5 Å². The average molecular weight is 284 g/mol. The van der Waals surface area contributed by atoms with Gasteiger partial charge in [0.2, 0.25) is 5.91 Å². The molecule has 0 unspecified atom stereocenters. The zero-order chi connectivity index (χ0) is 14.8. The summed E-state index contributed by atoms with van der Waals surface area (Å²) >= 11 is 0. The average Bonchev–Trinajstić information content (AvgIpc) is 2.52. The molecule has 0 atom stereocenters. The molecule has 1 aliphatic rings. The van der Waals surface area contributed by atoms with Gasteiger partial charge >= 0.3 is 0 Å². The van der Waals surface area contributed by atoms with Crippen molar-refractivity contribution in [1.29, 1.82) is 0 Å². The summed E-state index contributed by atoms with van der Waals surface area (Å²) in [6, 6.07) is 12.8. The molecule has 4 heteroatoms. The van der Waals surface area contributed by atoms with Gasteiger partial charge in [-0.15, -0.1) is 0 Å². The molecule has 0 aromatic heterocycles. The number of carbonyl (C=O) groups is 1. The number of hydrogen-bond donors (Lipinski definition) is 1. The predicted molar refractivity (Wildman–Crippen MR) is 80.2 cm³/mol. The van der Waals surface area contributed by atoms with Gasteiger partial charge < -0.3 is 10.6 Å². The predicted octanol–water partition coefficient (Wildman–Crippen LogP) is 2.76. The van der Waals surface area contributed by atoms with Crippen LogP contribution >= 0.6 is 0 Å². The summed E-state index contributed by atoms with van der Waals surface area (Å²) in [5.41, 5.74) is 9.03. The maximum atomic E-state index is 13.5. The number of anilines is 1. The quantitative estimate of drug-likeness (QED) is 0.942. The Bertz CT molecular complexity index is 684. The summed E-state index contributed by atoms with van der Waals surface area (Å²) in [6.45, 7) is 0.604. The maximum absolute atomic E-state index is 13.5. The number of nitrogens with zero attached hydrogens (tertiary/aromatic N) is 1. The first-order valence-corrected chi connectivity index (χ1v) is 7.04. The van der Waals surface area contributed by atoms with E-state index in [1.165, 1.54) is 11.6 Å². The lowest BCUT2D eigenvalue weighted by atomic mass is 10.00. The van der Waals surface area contributed by atoms with Gasteiger partial charge in [-0.25, -0.2) is 4.39 Å². The van der Waals surface area contributed by atoms with Crippen molar-refractivity contribution < 1.29 is 9.18 Å². The summed E-state index contributed by atoms with van der Waals surface area (Å²) in [6.07, 6.45) is 1.30. The van der Waals surface area contributed by atoms with E-state index in [9.17, 15) is 9.18 Å². The molecular formula is C17H17FN2O. The highest BCUT2D eigenvalue weighted by atomic mass is 19.1. The van der Waals surface area contributed by atoms with E-state index in [4.69, 9.17) is 5.73 Å². The highest BCUT2D eigenvalue weighted by molar-refractivity contribution is 5.96. The fourth-order valence-electron chi connectivity index (χ4n) is 2.74. The van der Waals surface area contributed by atoms with Crippen molar-refractivity contribution in [3.05, 3.63) is 65.0 Å². The van der Waals surface area contributed by atoms with Crippen LogP contribution in [0.3, 0.4) is 0 Å². The minimum Gasteiger partial charge on any atom is -0.326 e. The highest BCUT2D eigenvalue weighted by Crippen LogP contribution is 2.29. The van der Waals surface area contributed by atoms with Crippen LogP contribution in [0.25, 0.3) is 0 Å². The lowest BCUT2D eigenvalue weighted by molar-refractivity contribution is -0.119. The Morgan fingerprint density at radius 1 is 1.14 bits per heavy atom. The summed E-state index contributed by atoms with van der Waals surface area (Å²) in [4.78, 5) is 14.0. The van der Waals surface area contributed by atoms with Crippen molar-refractivity contribution in [2.24, 2.45) is 5.73 Å². The van der Waals surface area contributed by atoms with Gasteiger partial charge in [-0.2, -0.15) is 0 Å². The van der Waals surface area contributed by atoms with E-state index < -0.39 is 0 Å². The lowest BCUT2D eigenvalue weighted by Crippen LogP contribution is -2.34. The number of benzene rings is 2. The Balaban J connectivity index is 1.92. The number of aryl methyl sites for hydroxylation is 1. The molecule has 1 aliphatic heterocycles. The van der Waals surface area contributed by atoms with Gasteiger partial charge in [0.05, 0.1) is 6.54 Å². The van der Waals surface area contributed by atoms with Crippen LogP contribution in [-0.4, -0.2) is 5.91 Å². The van der Waals surface area contributed by atoms with Crippen molar-refractivity contribution in [2.45, 2.75) is 25.9 Å². The lowest BCUT2D eigenvalue weighted by Gasteiger charge is -2.29. The molecule has 2 N–H and O–H groups in total. The first-order chi connectivity index (χ1) is 10.2. The first-order valence-electron chi connectivity index (χ1n) is 7.04. The van der Waals surface area contributed by atoms with Gasteiger partial charge in [-0.1, -0.05) is 24.3 Å². The second-order valence-corrected chi connectivity index (χ2v) is 5.24. The number of carbonyl (C=O) groups excluding carboxylic acids is 1. The number of halogens is 1. The monoisotopic (exact) mass is 284 g/mol. The SMILES string of the molecule is NCc1cc(CN2C(=O)CCc3ccccc32)ccc1F. The molecule has 1 heterocycles. The van der Waals surface area contributed by atoms with Gasteiger partial charge in [0.1, 0.15) is 5.82 Å². The second-order valence-electron chi connectivity index (χ2n) is 5.24. The molecule has 0 radical (unpaired) electrons. The molecule has 21 heavy (non-hydrogen) atoms. The molecule has 0 bridgehead atoms. The molecule has 2 aromatic carbocycles. The van der Waals surface area contributed by atoms with Gasteiger partial charge in [0, 0.05) is 24.2 Å². The zero-order valence-electron chi connectivity index (χ0n) is 11.7. The Morgan fingerprint density at radius 2 is 1.95 bits per heavy atom. The standard InChI is InChI=1S/C17H17FN2O/c18-15-7-5-12(9-14(15)10-19)11-20-16-4-2-1-3-13(16)6-8-17(20)21/h1-5,7,9H,6,8,10-11,19H2. The largest absolute Gasteiger partial charge is 0.326 e. The molecule has 1 amide bonds. The van der Waals surface area contributed by atoms with Crippen molar-refractivity contribution in [3.8, 4) is 0 Å². The molecule has 3 nitrogen and oxygen atoms in total. The number of rotatable bonds is 3. The van der Waals surface area contributed by atoms with Crippen LogP contribution in [0.1, 0.15) is 23.1 Å². The van der Waals surface area contributed by atoms with E-state index in [1.54, 1.807) is 17.0 Å². The van der Waals surface area contributed by atoms with Crippen LogP contribution in [0.2, 0.25) is 0 Å². The molecule has 2 aromatic rings. The van der Waals surface area contributed by atoms with E-state index in [1.807, 2.05) is 24.3 Å². The number of amides is 1. The summed E-state index contributed by atoms with van der Waals surface area (Å²) < 4.78 is 13.5. The van der Waals surface area contributed by atoms with Crippen molar-refractivity contribution >= 4 is 11.6 Å². The zero-order valence-corrected chi connectivity index (χ0v) is 11.7. The molecule has 0 aliphatic carbocycles. The molecule has 3 rings (SSSR count). The number of hydrogen-bond acceptors (Lipinski definition) is 2. The molecule has 0 saturated carbocycles. The minimum atomic E-state index is -0.299. The third kappa shape index (κ3) is 2.67. The molecule has 108 valence electrons. The van der Waals surface area contributed by atoms with E-state index in [0.717, 1.165) is 17.7 Å². The summed E-state index contributed by atoms with van der Waals surface area (Å²) in [5, 5.41) is 0. The number of para-hydroxylation sites is 1. The second kappa shape index (κ2) is 5.66. The van der Waals surface area contributed by atoms with Crippen molar-refractivity contribution in [1.82, 2.24) is 0 Å². The normalized spacial score (nSPS) is 14.2. The number of nitrogens with two attached hydrogens (primary N) is 1. The van der Waals surface area contributed by atoms with Gasteiger partial charge in [-0.05, 0) is 35.7 Å². The Kier molecular flexibility index (Phi) is 3.71. The van der Waals surface area contributed by atoms with Crippen LogP contribution in [0.4, 0.5) is 10.1 Å². The third-order valence-corrected chi connectivity index (χ3v) is 3.86. The molecule has 0 saturated heterocycles. The highest BCUT2D eigenvalue weighted by Gasteiger charge is 2.23. The Labute approximate surface area is 123 Å². The van der Waals surface area contributed by atoms with Gasteiger partial charge in [-0.3, -0.25) is 4.79 Å². The maximum Gasteiger partial charge on any atom is 0.227 e. The van der Waals surface area contributed by atoms with Crippen LogP contribution in [0, 0.1) is 5.82 Å². The van der Waals surface area contributed by atoms with E-state index >= 15 is 0 Å². The minimum absolute atomic E-state index is 0.104. The smallest absolute Gasteiger partial charge is 0.227 e. The molecule has 0 fully saturated rings. The van der Waals surface area contributed by atoms with Gasteiger partial charge in [0.15, 0.2) is 0 Å². The Hall–Kier alpha value is -2.20. The third-order valence-electron chi connectivity index (χ3n) is 3.86. The summed E-state index contributed by atoms with van der Waals surface area (Å²) in [7, 11) is 0. The van der Waals surface area contributed by atoms with Crippen LogP contribution < -0.4 is 10.6 Å². The van der Waals surface area contributed by atoms with Gasteiger partial charge in [0.25, 0.3) is 0 Å². The fourth-order valence-corrected chi connectivity index (χ4v) is 2.74. The van der Waals surface area contributed by atoms with Crippen molar-refractivity contribution in [3.63, 3.8) is 0 Å². The van der Waals surface area contributed by atoms with E-state index in [2.05, 4.69) is 0 Å². The number of fused-ring (bicyclic) bond motifs is 1. The molecular weight excluding hydrogens is 267 g/mol. The Morgan fingerprint density at radius 3 is 2.76 bits per heavy atom. The van der Waals surface area contributed by atoms with Crippen LogP contribution in [0.15, 0.2) is 42.5 Å². The summed E-state index contributed by atoms with van der Waals surface area (Å²) in [5.74, 6) is -0.195. The fraction of sp³-hybridized carbons (Fsp3) is 0.235. The first kappa shape index (κ1) is 13.8. The van der Waals surface area contributed by atoms with Crippen LogP contribution in [-0.2, 0) is 24.3 Å². The van der Waals surface area contributed by atoms with Crippen molar-refractivity contribution in [2.75, 3.05) is 4.90 Å². The van der Waals surface area contributed by atoms with Crippen LogP contribution in [0.5, 0.6) is 0 Å². The molecule has 0 spiro atoms.